The zero-order valence-corrected chi connectivity index (χ0v) is 17.0. The first-order valence-corrected chi connectivity index (χ1v) is 10.2. The molecule has 0 saturated carbocycles. The second-order valence-corrected chi connectivity index (χ2v) is 7.56. The van der Waals surface area contributed by atoms with E-state index < -0.39 is 11.8 Å². The van der Waals surface area contributed by atoms with Gasteiger partial charge in [0.2, 0.25) is 0 Å². The van der Waals surface area contributed by atoms with Crippen LogP contribution < -0.4 is 0 Å². The summed E-state index contributed by atoms with van der Waals surface area (Å²) in [5.41, 5.74) is 5.03. The number of ketones is 1. The van der Waals surface area contributed by atoms with Crippen LogP contribution in [0.5, 0.6) is 0 Å². The lowest BCUT2D eigenvalue weighted by molar-refractivity contribution is -0.146. The molecule has 0 amide bonds. The van der Waals surface area contributed by atoms with E-state index >= 15 is 0 Å². The topological polar surface area (TPSA) is 43.4 Å². The Kier molecular flexibility index (Phi) is 5.89. The fourth-order valence-electron chi connectivity index (χ4n) is 4.32. The maximum absolute atomic E-state index is 13.4. The van der Waals surface area contributed by atoms with Crippen molar-refractivity contribution in [3.8, 4) is 0 Å². The van der Waals surface area contributed by atoms with Gasteiger partial charge in [-0.1, -0.05) is 91.0 Å². The summed E-state index contributed by atoms with van der Waals surface area (Å²) >= 11 is 0. The van der Waals surface area contributed by atoms with Gasteiger partial charge < -0.3 is 4.74 Å². The number of hydrogen-bond donors (Lipinski definition) is 0. The van der Waals surface area contributed by atoms with Crippen LogP contribution in [0.2, 0.25) is 0 Å². The number of esters is 1. The molecule has 0 fully saturated rings. The molecule has 4 rings (SSSR count). The van der Waals surface area contributed by atoms with Gasteiger partial charge in [0.1, 0.15) is 0 Å². The Balaban J connectivity index is 1.84. The van der Waals surface area contributed by atoms with E-state index in [9.17, 15) is 9.59 Å². The molecule has 3 nitrogen and oxygen atoms in total. The Hall–Kier alpha value is -3.46. The highest BCUT2D eigenvalue weighted by atomic mass is 16.5. The second kappa shape index (κ2) is 8.91. The molecule has 0 unspecified atom stereocenters. The van der Waals surface area contributed by atoms with Gasteiger partial charge in [0.25, 0.3) is 0 Å². The quantitative estimate of drug-likeness (QED) is 0.412. The molecule has 30 heavy (non-hydrogen) atoms. The third-order valence-electron chi connectivity index (χ3n) is 5.84. The van der Waals surface area contributed by atoms with Crippen molar-refractivity contribution in [1.82, 2.24) is 0 Å². The SMILES string of the molecule is COC(=O)[C@@H]1CC(c2ccccc2)=C(c2ccccc2)C[C@H]1C(=O)c1ccccc1. The van der Waals surface area contributed by atoms with Crippen LogP contribution in [-0.2, 0) is 9.53 Å². The number of methoxy groups -OCH3 is 1. The Bertz CT molecular complexity index is 1050. The van der Waals surface area contributed by atoms with Crippen LogP contribution in [0.15, 0.2) is 91.0 Å². The zero-order valence-electron chi connectivity index (χ0n) is 17.0. The van der Waals surface area contributed by atoms with Gasteiger partial charge in [0, 0.05) is 11.5 Å². The monoisotopic (exact) mass is 396 g/mol. The molecule has 0 spiro atoms. The van der Waals surface area contributed by atoms with Gasteiger partial charge >= 0.3 is 5.97 Å². The molecule has 0 aliphatic heterocycles. The first-order chi connectivity index (χ1) is 14.7. The fourth-order valence-corrected chi connectivity index (χ4v) is 4.32. The van der Waals surface area contributed by atoms with Crippen LogP contribution in [0, 0.1) is 11.8 Å². The molecular formula is C27H24O3. The van der Waals surface area contributed by atoms with Gasteiger partial charge in [-0.25, -0.2) is 0 Å². The number of ether oxygens (including phenoxy) is 1. The fraction of sp³-hybridized carbons (Fsp3) is 0.185. The summed E-state index contributed by atoms with van der Waals surface area (Å²) in [5, 5.41) is 0. The van der Waals surface area contributed by atoms with Gasteiger partial charge in [-0.2, -0.15) is 0 Å². The number of carbonyl (C=O) groups excluding carboxylic acids is 2. The molecule has 2 atom stereocenters. The number of Topliss-reactive ketones (excluding diaryl/α,β-unsaturated/α-hetero) is 1. The predicted molar refractivity (Wildman–Crippen MR) is 119 cm³/mol. The van der Waals surface area contributed by atoms with E-state index in [1.165, 1.54) is 7.11 Å². The van der Waals surface area contributed by atoms with E-state index in [-0.39, 0.29) is 11.8 Å². The molecule has 3 aromatic rings. The van der Waals surface area contributed by atoms with Gasteiger partial charge in [-0.15, -0.1) is 0 Å². The van der Waals surface area contributed by atoms with Crippen LogP contribution in [0.4, 0.5) is 0 Å². The van der Waals surface area contributed by atoms with Gasteiger partial charge in [-0.05, 0) is 35.1 Å². The summed E-state index contributed by atoms with van der Waals surface area (Å²) in [4.78, 5) is 26.2. The lowest BCUT2D eigenvalue weighted by atomic mass is 9.70. The van der Waals surface area contributed by atoms with Crippen LogP contribution >= 0.6 is 0 Å². The maximum Gasteiger partial charge on any atom is 0.309 e. The van der Waals surface area contributed by atoms with Gasteiger partial charge in [0.05, 0.1) is 13.0 Å². The highest BCUT2D eigenvalue weighted by Crippen LogP contribution is 2.45. The summed E-state index contributed by atoms with van der Waals surface area (Å²) in [6, 6.07) is 29.5. The highest BCUT2D eigenvalue weighted by Gasteiger charge is 2.40. The molecule has 0 heterocycles. The van der Waals surface area contributed by atoms with Gasteiger partial charge in [0.15, 0.2) is 5.78 Å². The van der Waals surface area contributed by atoms with Crippen molar-refractivity contribution in [2.24, 2.45) is 11.8 Å². The molecular weight excluding hydrogens is 372 g/mol. The van der Waals surface area contributed by atoms with Crippen molar-refractivity contribution in [1.29, 1.82) is 0 Å². The Morgan fingerprint density at radius 2 is 1.10 bits per heavy atom. The van der Waals surface area contributed by atoms with Gasteiger partial charge in [-0.3, -0.25) is 9.59 Å². The molecule has 0 saturated heterocycles. The van der Waals surface area contributed by atoms with Crippen LogP contribution in [0.25, 0.3) is 11.1 Å². The van der Waals surface area contributed by atoms with Crippen molar-refractivity contribution in [2.45, 2.75) is 12.8 Å². The maximum atomic E-state index is 13.4. The third kappa shape index (κ3) is 3.97. The average Bonchev–Trinajstić information content (AvgIpc) is 2.84. The van der Waals surface area contributed by atoms with Crippen molar-refractivity contribution in [3.63, 3.8) is 0 Å². The molecule has 0 radical (unpaired) electrons. The molecule has 150 valence electrons. The van der Waals surface area contributed by atoms with E-state index in [0.29, 0.717) is 18.4 Å². The molecule has 3 aromatic carbocycles. The largest absolute Gasteiger partial charge is 0.469 e. The Morgan fingerprint density at radius 1 is 0.667 bits per heavy atom. The zero-order chi connectivity index (χ0) is 20.9. The molecule has 0 bridgehead atoms. The normalized spacial score (nSPS) is 18.7. The van der Waals surface area contributed by atoms with Crippen molar-refractivity contribution in [2.75, 3.05) is 7.11 Å². The smallest absolute Gasteiger partial charge is 0.309 e. The van der Waals surface area contributed by atoms with Crippen molar-refractivity contribution < 1.29 is 14.3 Å². The summed E-state index contributed by atoms with van der Waals surface area (Å²) in [6.45, 7) is 0. The lowest BCUT2D eigenvalue weighted by Crippen LogP contribution is -2.34. The van der Waals surface area contributed by atoms with Crippen molar-refractivity contribution >= 4 is 22.9 Å². The average molecular weight is 396 g/mol. The standard InChI is InChI=1S/C27H24O3/c1-30-27(29)25-18-23(20-13-7-3-8-14-20)22(19-11-5-2-6-12-19)17-24(25)26(28)21-15-9-4-10-16-21/h2-16,24-25H,17-18H2,1H3/t24-,25-/m1/s1. The molecule has 0 N–H and O–H groups in total. The minimum atomic E-state index is -0.509. The highest BCUT2D eigenvalue weighted by molar-refractivity contribution is 6.04. The van der Waals surface area contributed by atoms with E-state index in [4.69, 9.17) is 4.74 Å². The minimum absolute atomic E-state index is 0.00783. The summed E-state index contributed by atoms with van der Waals surface area (Å²) < 4.78 is 5.12. The summed E-state index contributed by atoms with van der Waals surface area (Å²) in [5.74, 6) is -1.30. The summed E-state index contributed by atoms with van der Waals surface area (Å²) in [7, 11) is 1.39. The third-order valence-corrected chi connectivity index (χ3v) is 5.84. The van der Waals surface area contributed by atoms with Crippen LogP contribution in [0.3, 0.4) is 0 Å². The predicted octanol–water partition coefficient (Wildman–Crippen LogP) is 5.68. The Labute approximate surface area is 177 Å². The van der Waals surface area contributed by atoms with E-state index in [2.05, 4.69) is 24.3 Å². The number of carbonyl (C=O) groups is 2. The number of allylic oxidation sites excluding steroid dienone is 2. The molecule has 0 aromatic heterocycles. The number of hydrogen-bond acceptors (Lipinski definition) is 3. The summed E-state index contributed by atoms with van der Waals surface area (Å²) in [6.07, 6.45) is 0.978. The number of rotatable bonds is 5. The molecule has 3 heteroatoms. The molecule has 1 aliphatic rings. The Morgan fingerprint density at radius 3 is 1.57 bits per heavy atom. The lowest BCUT2D eigenvalue weighted by Gasteiger charge is -2.33. The number of benzene rings is 3. The molecule has 1 aliphatic carbocycles. The van der Waals surface area contributed by atoms with E-state index in [0.717, 1.165) is 22.3 Å². The van der Waals surface area contributed by atoms with Crippen LogP contribution in [-0.4, -0.2) is 18.9 Å². The van der Waals surface area contributed by atoms with E-state index in [1.807, 2.05) is 66.7 Å². The van der Waals surface area contributed by atoms with Crippen molar-refractivity contribution in [3.05, 3.63) is 108 Å². The second-order valence-electron chi connectivity index (χ2n) is 7.56. The van der Waals surface area contributed by atoms with E-state index in [1.54, 1.807) is 0 Å². The first kappa shape index (κ1) is 19.8. The van der Waals surface area contributed by atoms with Crippen LogP contribution in [0.1, 0.15) is 34.3 Å². The minimum Gasteiger partial charge on any atom is -0.469 e. The first-order valence-electron chi connectivity index (χ1n) is 10.2.